The van der Waals surface area contributed by atoms with Gasteiger partial charge < -0.3 is 15.0 Å². The Bertz CT molecular complexity index is 1410. The van der Waals surface area contributed by atoms with Crippen molar-refractivity contribution in [2.45, 2.75) is 58.0 Å². The van der Waals surface area contributed by atoms with Gasteiger partial charge in [0.25, 0.3) is 10.0 Å². The van der Waals surface area contributed by atoms with E-state index < -0.39 is 28.5 Å². The fourth-order valence-electron chi connectivity index (χ4n) is 4.47. The van der Waals surface area contributed by atoms with E-state index in [1.165, 1.54) is 17.0 Å². The highest BCUT2D eigenvalue weighted by molar-refractivity contribution is 7.92. The van der Waals surface area contributed by atoms with E-state index in [9.17, 15) is 18.0 Å². The normalized spacial score (nSPS) is 11.9. The molecule has 3 aromatic rings. The zero-order valence-electron chi connectivity index (χ0n) is 23.9. The van der Waals surface area contributed by atoms with Gasteiger partial charge in [-0.15, -0.1) is 0 Å². The molecule has 0 heterocycles. The average Bonchev–Trinajstić information content (AvgIpc) is 2.96. The Morgan fingerprint density at radius 1 is 0.950 bits per heavy atom. The highest BCUT2D eigenvalue weighted by atomic mass is 32.2. The second-order valence-electron chi connectivity index (χ2n) is 9.70. The first kappa shape index (κ1) is 30.7. The molecule has 1 atom stereocenters. The number of nitrogens with one attached hydrogen (secondary N) is 1. The van der Waals surface area contributed by atoms with E-state index in [4.69, 9.17) is 4.74 Å². The van der Waals surface area contributed by atoms with Crippen LogP contribution in [0.15, 0.2) is 77.7 Å². The maximum atomic E-state index is 14.1. The molecule has 0 saturated carbocycles. The van der Waals surface area contributed by atoms with Crippen LogP contribution in [0.1, 0.15) is 43.4 Å². The van der Waals surface area contributed by atoms with Crippen molar-refractivity contribution in [1.29, 1.82) is 0 Å². The van der Waals surface area contributed by atoms with Crippen molar-refractivity contribution in [1.82, 2.24) is 10.2 Å². The molecule has 0 aliphatic rings. The van der Waals surface area contributed by atoms with Crippen molar-refractivity contribution in [3.8, 4) is 5.75 Å². The molecule has 40 heavy (non-hydrogen) atoms. The summed E-state index contributed by atoms with van der Waals surface area (Å²) < 4.78 is 34.4. The molecule has 0 saturated heterocycles. The number of rotatable bonds is 13. The number of methoxy groups -OCH3 is 1. The predicted octanol–water partition coefficient (Wildman–Crippen LogP) is 4.84. The Labute approximate surface area is 238 Å². The van der Waals surface area contributed by atoms with Crippen molar-refractivity contribution < 1.29 is 22.7 Å². The second-order valence-corrected chi connectivity index (χ2v) is 11.6. The lowest BCUT2D eigenvalue weighted by Crippen LogP contribution is -2.52. The minimum Gasteiger partial charge on any atom is -0.497 e. The number of carbonyl (C=O) groups is 2. The quantitative estimate of drug-likeness (QED) is 0.320. The first-order valence-electron chi connectivity index (χ1n) is 13.5. The van der Waals surface area contributed by atoms with Gasteiger partial charge in [0.05, 0.1) is 17.7 Å². The topological polar surface area (TPSA) is 96.0 Å². The number of sulfonamides is 1. The minimum absolute atomic E-state index is 0.0794. The van der Waals surface area contributed by atoms with E-state index in [1.54, 1.807) is 43.5 Å². The van der Waals surface area contributed by atoms with Crippen LogP contribution in [0.25, 0.3) is 0 Å². The van der Waals surface area contributed by atoms with Gasteiger partial charge in [0.2, 0.25) is 11.8 Å². The smallest absolute Gasteiger partial charge is 0.264 e. The maximum Gasteiger partial charge on any atom is 0.264 e. The van der Waals surface area contributed by atoms with Gasteiger partial charge in [-0.25, -0.2) is 8.42 Å². The van der Waals surface area contributed by atoms with Crippen LogP contribution in [0.5, 0.6) is 5.75 Å². The Morgan fingerprint density at radius 2 is 1.68 bits per heavy atom. The van der Waals surface area contributed by atoms with Crippen LogP contribution in [0.2, 0.25) is 0 Å². The van der Waals surface area contributed by atoms with Gasteiger partial charge in [0, 0.05) is 13.1 Å². The highest BCUT2D eigenvalue weighted by Gasteiger charge is 2.34. The summed E-state index contributed by atoms with van der Waals surface area (Å²) in [5.41, 5.74) is 2.76. The molecule has 0 spiro atoms. The van der Waals surface area contributed by atoms with Gasteiger partial charge in [-0.2, -0.15) is 0 Å². The van der Waals surface area contributed by atoms with Crippen LogP contribution in [0, 0.1) is 13.8 Å². The summed E-state index contributed by atoms with van der Waals surface area (Å²) in [7, 11) is -2.55. The number of carbonyl (C=O) groups excluding carboxylic acids is 2. The van der Waals surface area contributed by atoms with E-state index in [0.29, 0.717) is 30.0 Å². The molecule has 3 aromatic carbocycles. The maximum absolute atomic E-state index is 14.1. The molecule has 3 rings (SSSR count). The summed E-state index contributed by atoms with van der Waals surface area (Å²) in [5.74, 6) is -0.136. The number of benzene rings is 3. The van der Waals surface area contributed by atoms with Gasteiger partial charge in [-0.3, -0.25) is 13.9 Å². The Morgan fingerprint density at radius 3 is 2.33 bits per heavy atom. The lowest BCUT2D eigenvalue weighted by Gasteiger charge is -2.33. The molecule has 0 bridgehead atoms. The molecule has 214 valence electrons. The van der Waals surface area contributed by atoms with E-state index in [0.717, 1.165) is 21.9 Å². The van der Waals surface area contributed by atoms with Gasteiger partial charge in [0.15, 0.2) is 0 Å². The zero-order chi connectivity index (χ0) is 29.3. The lowest BCUT2D eigenvalue weighted by molar-refractivity contribution is -0.140. The van der Waals surface area contributed by atoms with E-state index >= 15 is 0 Å². The summed E-state index contributed by atoms with van der Waals surface area (Å²) in [4.78, 5) is 28.9. The van der Waals surface area contributed by atoms with Crippen molar-refractivity contribution in [2.24, 2.45) is 0 Å². The average molecular weight is 566 g/mol. The number of aryl methyl sites for hydroxylation is 2. The summed E-state index contributed by atoms with van der Waals surface area (Å²) in [6.07, 6.45) is 1.11. The number of amides is 2. The summed E-state index contributed by atoms with van der Waals surface area (Å²) in [5, 5.41) is 2.90. The number of ether oxygens (including phenoxy) is 1. The Kier molecular flexibility index (Phi) is 10.7. The minimum atomic E-state index is -4.11. The summed E-state index contributed by atoms with van der Waals surface area (Å²) in [6, 6.07) is 20.0. The summed E-state index contributed by atoms with van der Waals surface area (Å²) in [6.45, 7) is 7.60. The molecule has 1 unspecified atom stereocenters. The molecule has 9 heteroatoms. The van der Waals surface area contributed by atoms with Crippen molar-refractivity contribution in [3.05, 3.63) is 89.5 Å². The van der Waals surface area contributed by atoms with Crippen molar-refractivity contribution in [3.63, 3.8) is 0 Å². The van der Waals surface area contributed by atoms with E-state index in [2.05, 4.69) is 5.32 Å². The van der Waals surface area contributed by atoms with Crippen LogP contribution in [-0.2, 0) is 26.2 Å². The van der Waals surface area contributed by atoms with Crippen molar-refractivity contribution >= 4 is 27.5 Å². The zero-order valence-corrected chi connectivity index (χ0v) is 24.7. The molecule has 0 aromatic heterocycles. The third-order valence-corrected chi connectivity index (χ3v) is 8.44. The fourth-order valence-corrected chi connectivity index (χ4v) is 5.97. The highest BCUT2D eigenvalue weighted by Crippen LogP contribution is 2.29. The molecular weight excluding hydrogens is 526 g/mol. The molecule has 0 radical (unpaired) electrons. The van der Waals surface area contributed by atoms with Gasteiger partial charge in [0.1, 0.15) is 18.3 Å². The van der Waals surface area contributed by atoms with Crippen LogP contribution < -0.4 is 14.4 Å². The van der Waals surface area contributed by atoms with Crippen molar-refractivity contribution in [2.75, 3.05) is 24.5 Å². The molecule has 0 fully saturated rings. The molecule has 0 aliphatic heterocycles. The largest absolute Gasteiger partial charge is 0.497 e. The number of hydrogen-bond acceptors (Lipinski definition) is 5. The molecule has 0 aliphatic carbocycles. The number of anilines is 1. The van der Waals surface area contributed by atoms with Crippen LogP contribution in [0.4, 0.5) is 5.69 Å². The van der Waals surface area contributed by atoms with Crippen LogP contribution in [0.3, 0.4) is 0 Å². The third kappa shape index (κ3) is 7.41. The fraction of sp³-hybridized carbons (Fsp3) is 0.355. The summed E-state index contributed by atoms with van der Waals surface area (Å²) >= 11 is 0. The predicted molar refractivity (Wildman–Crippen MR) is 158 cm³/mol. The Hall–Kier alpha value is -3.85. The molecular formula is C31H39N3O5S. The first-order chi connectivity index (χ1) is 19.1. The first-order valence-corrected chi connectivity index (χ1v) is 14.9. The van der Waals surface area contributed by atoms with E-state index in [1.807, 2.05) is 52.0 Å². The lowest BCUT2D eigenvalue weighted by atomic mass is 10.1. The molecule has 2 amide bonds. The van der Waals surface area contributed by atoms with Gasteiger partial charge in [-0.1, -0.05) is 56.3 Å². The van der Waals surface area contributed by atoms with E-state index in [-0.39, 0.29) is 17.3 Å². The number of hydrogen-bond donors (Lipinski definition) is 1. The third-order valence-electron chi connectivity index (χ3n) is 6.67. The second kappa shape index (κ2) is 14.0. The van der Waals surface area contributed by atoms with Gasteiger partial charge in [-0.05, 0) is 73.7 Å². The standard InChI is InChI=1S/C31H39N3O5S/c1-6-18-32-31(36)28(7-2)33(21-25-12-11-13-26(20-25)39-5)30(35)22-34(29-19-23(3)16-17-24(29)4)40(37,38)27-14-9-8-10-15-27/h8-17,19-20,28H,6-7,18,21-22H2,1-5H3,(H,32,36). The Balaban J connectivity index is 2.09. The van der Waals surface area contributed by atoms with Gasteiger partial charge >= 0.3 is 0 Å². The SMILES string of the molecule is CCCNC(=O)C(CC)N(Cc1cccc(OC)c1)C(=O)CN(c1cc(C)ccc1C)S(=O)(=O)c1ccccc1. The monoisotopic (exact) mass is 565 g/mol. The molecule has 8 nitrogen and oxygen atoms in total. The molecule has 1 N–H and O–H groups in total. The van der Waals surface area contributed by atoms with Crippen LogP contribution in [-0.4, -0.2) is 51.4 Å². The number of nitrogens with zero attached hydrogens (tertiary/aromatic N) is 2. The van der Waals surface area contributed by atoms with Crippen LogP contribution >= 0.6 is 0 Å².